The average Bonchev–Trinajstić information content (AvgIpc) is 2.22. The molecule has 1 rings (SSSR count). The van der Waals surface area contributed by atoms with Gasteiger partial charge in [-0.25, -0.2) is 9.18 Å². The van der Waals surface area contributed by atoms with Gasteiger partial charge in [0.2, 0.25) is 0 Å². The van der Waals surface area contributed by atoms with Crippen molar-refractivity contribution in [1.82, 2.24) is 0 Å². The van der Waals surface area contributed by atoms with E-state index in [4.69, 9.17) is 9.47 Å². The van der Waals surface area contributed by atoms with Crippen LogP contribution >= 0.6 is 0 Å². The number of carbonyl (C=O) groups excluding carboxylic acids is 1. The lowest BCUT2D eigenvalue weighted by Gasteiger charge is -2.25. The number of hydrogen-bond acceptors (Lipinski definition) is 3. The smallest absolute Gasteiger partial charge is 0.349 e. The first-order valence-corrected chi connectivity index (χ1v) is 5.49. The van der Waals surface area contributed by atoms with Crippen molar-refractivity contribution in [3.8, 4) is 5.75 Å². The van der Waals surface area contributed by atoms with E-state index in [0.717, 1.165) is 0 Å². The van der Waals surface area contributed by atoms with Crippen molar-refractivity contribution in [3.05, 3.63) is 29.6 Å². The lowest BCUT2D eigenvalue weighted by molar-refractivity contribution is -0.158. The topological polar surface area (TPSA) is 35.5 Å². The third-order valence-corrected chi connectivity index (χ3v) is 2.27. The highest BCUT2D eigenvalue weighted by atomic mass is 19.1. The van der Waals surface area contributed by atoms with Gasteiger partial charge in [0.1, 0.15) is 11.6 Å². The summed E-state index contributed by atoms with van der Waals surface area (Å²) in [4.78, 5) is 11.6. The van der Waals surface area contributed by atoms with Crippen molar-refractivity contribution >= 4 is 5.97 Å². The minimum Gasteiger partial charge on any atom is -0.476 e. The monoisotopic (exact) mass is 240 g/mol. The van der Waals surface area contributed by atoms with E-state index in [1.165, 1.54) is 18.2 Å². The zero-order chi connectivity index (χ0) is 13.1. The van der Waals surface area contributed by atoms with Gasteiger partial charge in [0.05, 0.1) is 6.61 Å². The van der Waals surface area contributed by atoms with E-state index < -0.39 is 11.6 Å². The Morgan fingerprint density at radius 2 is 2.06 bits per heavy atom. The molecule has 0 aliphatic rings. The molecule has 0 saturated heterocycles. The number of esters is 1. The predicted molar refractivity (Wildman–Crippen MR) is 62.5 cm³/mol. The van der Waals surface area contributed by atoms with Gasteiger partial charge in [-0.05, 0) is 51.5 Å². The molecule has 0 spiro atoms. The molecule has 0 N–H and O–H groups in total. The zero-order valence-electron chi connectivity index (χ0n) is 10.5. The van der Waals surface area contributed by atoms with E-state index >= 15 is 0 Å². The van der Waals surface area contributed by atoms with Crippen LogP contribution in [0.4, 0.5) is 4.39 Å². The van der Waals surface area contributed by atoms with Crippen LogP contribution in [0.1, 0.15) is 26.3 Å². The average molecular weight is 240 g/mol. The van der Waals surface area contributed by atoms with E-state index in [0.29, 0.717) is 17.9 Å². The molecule has 17 heavy (non-hydrogen) atoms. The van der Waals surface area contributed by atoms with Crippen LogP contribution < -0.4 is 4.74 Å². The summed E-state index contributed by atoms with van der Waals surface area (Å²) in [5, 5.41) is 0. The van der Waals surface area contributed by atoms with Gasteiger partial charge in [0.15, 0.2) is 5.60 Å². The maximum Gasteiger partial charge on any atom is 0.349 e. The highest BCUT2D eigenvalue weighted by Gasteiger charge is 2.31. The van der Waals surface area contributed by atoms with Crippen molar-refractivity contribution in [2.24, 2.45) is 0 Å². The number of ether oxygens (including phenoxy) is 2. The minimum absolute atomic E-state index is 0.300. The van der Waals surface area contributed by atoms with E-state index in [1.807, 2.05) is 0 Å². The summed E-state index contributed by atoms with van der Waals surface area (Å²) in [6.07, 6.45) is 0. The molecule has 0 aromatic heterocycles. The molecule has 0 radical (unpaired) electrons. The fourth-order valence-electron chi connectivity index (χ4n) is 1.35. The maximum absolute atomic E-state index is 12.9. The summed E-state index contributed by atoms with van der Waals surface area (Å²) in [6.45, 7) is 6.99. The van der Waals surface area contributed by atoms with Gasteiger partial charge in [-0.1, -0.05) is 0 Å². The fraction of sp³-hybridized carbons (Fsp3) is 0.462. The quantitative estimate of drug-likeness (QED) is 0.759. The normalized spacial score (nSPS) is 11.1. The minimum atomic E-state index is -1.08. The summed E-state index contributed by atoms with van der Waals surface area (Å²) in [5.74, 6) is -0.294. The van der Waals surface area contributed by atoms with Gasteiger partial charge in [-0.2, -0.15) is 0 Å². The SMILES string of the molecule is CCOC(=O)C(C)(C)Oc1ccc(F)cc1C. The molecule has 4 heteroatoms. The van der Waals surface area contributed by atoms with Gasteiger partial charge in [0, 0.05) is 0 Å². The largest absolute Gasteiger partial charge is 0.476 e. The second kappa shape index (κ2) is 5.17. The first kappa shape index (κ1) is 13.5. The van der Waals surface area contributed by atoms with Gasteiger partial charge in [0.25, 0.3) is 0 Å². The van der Waals surface area contributed by atoms with Crippen molar-refractivity contribution < 1.29 is 18.7 Å². The third-order valence-electron chi connectivity index (χ3n) is 2.27. The van der Waals surface area contributed by atoms with Crippen LogP contribution in [0.3, 0.4) is 0 Å². The Bertz CT molecular complexity index is 413. The van der Waals surface area contributed by atoms with Crippen LogP contribution in [0.25, 0.3) is 0 Å². The number of benzene rings is 1. The lowest BCUT2D eigenvalue weighted by Crippen LogP contribution is -2.39. The first-order chi connectivity index (χ1) is 7.86. The van der Waals surface area contributed by atoms with Crippen molar-refractivity contribution in [2.45, 2.75) is 33.3 Å². The zero-order valence-corrected chi connectivity index (χ0v) is 10.5. The summed E-state index contributed by atoms with van der Waals surface area (Å²) in [5.41, 5.74) is -0.444. The summed E-state index contributed by atoms with van der Waals surface area (Å²) < 4.78 is 23.4. The lowest BCUT2D eigenvalue weighted by atomic mass is 10.1. The highest BCUT2D eigenvalue weighted by molar-refractivity contribution is 5.79. The molecule has 0 atom stereocenters. The molecule has 3 nitrogen and oxygen atoms in total. The Hall–Kier alpha value is -1.58. The summed E-state index contributed by atoms with van der Waals surface area (Å²) in [7, 11) is 0. The van der Waals surface area contributed by atoms with Crippen LogP contribution in [0.2, 0.25) is 0 Å². The molecule has 0 aliphatic carbocycles. The second-order valence-corrected chi connectivity index (χ2v) is 4.24. The van der Waals surface area contributed by atoms with Crippen molar-refractivity contribution in [2.75, 3.05) is 6.61 Å². The van der Waals surface area contributed by atoms with Crippen LogP contribution in [0.5, 0.6) is 5.75 Å². The predicted octanol–water partition coefficient (Wildman–Crippen LogP) is 2.85. The Labute approximate surface area is 101 Å². The molecule has 0 unspecified atom stereocenters. The number of rotatable bonds is 4. The molecule has 1 aromatic carbocycles. The number of aryl methyl sites for hydroxylation is 1. The van der Waals surface area contributed by atoms with Gasteiger partial charge < -0.3 is 9.47 Å². The standard InChI is InChI=1S/C13H17FO3/c1-5-16-12(15)13(3,4)17-11-7-6-10(14)8-9(11)2/h6-8H,5H2,1-4H3. The number of hydrogen-bond donors (Lipinski definition) is 0. The first-order valence-electron chi connectivity index (χ1n) is 5.49. The van der Waals surface area contributed by atoms with Crippen LogP contribution in [-0.4, -0.2) is 18.2 Å². The molecular formula is C13H17FO3. The molecule has 0 heterocycles. The molecule has 0 aliphatic heterocycles. The molecule has 0 saturated carbocycles. The summed E-state index contributed by atoms with van der Waals surface area (Å²) in [6, 6.07) is 4.16. The Morgan fingerprint density at radius 1 is 1.41 bits per heavy atom. The van der Waals surface area contributed by atoms with E-state index in [-0.39, 0.29) is 5.82 Å². The number of carbonyl (C=O) groups is 1. The van der Waals surface area contributed by atoms with Crippen molar-refractivity contribution in [3.63, 3.8) is 0 Å². The van der Waals surface area contributed by atoms with Crippen molar-refractivity contribution in [1.29, 1.82) is 0 Å². The fourth-order valence-corrected chi connectivity index (χ4v) is 1.35. The van der Waals surface area contributed by atoms with E-state index in [2.05, 4.69) is 0 Å². The summed E-state index contributed by atoms with van der Waals surface area (Å²) >= 11 is 0. The second-order valence-electron chi connectivity index (χ2n) is 4.24. The molecule has 1 aromatic rings. The van der Waals surface area contributed by atoms with Crippen LogP contribution in [0.15, 0.2) is 18.2 Å². The Kier molecular flexibility index (Phi) is 4.10. The van der Waals surface area contributed by atoms with Gasteiger partial charge in [-0.15, -0.1) is 0 Å². The number of halogens is 1. The Morgan fingerprint density at radius 3 is 2.59 bits per heavy atom. The molecule has 94 valence electrons. The highest BCUT2D eigenvalue weighted by Crippen LogP contribution is 2.24. The van der Waals surface area contributed by atoms with Gasteiger partial charge in [-0.3, -0.25) is 0 Å². The Balaban J connectivity index is 2.86. The maximum atomic E-state index is 12.9. The third kappa shape index (κ3) is 3.44. The molecule has 0 fully saturated rings. The van der Waals surface area contributed by atoms with Crippen LogP contribution in [0, 0.1) is 12.7 Å². The van der Waals surface area contributed by atoms with E-state index in [9.17, 15) is 9.18 Å². The van der Waals surface area contributed by atoms with Gasteiger partial charge >= 0.3 is 5.97 Å². The molecule has 0 amide bonds. The van der Waals surface area contributed by atoms with Crippen LogP contribution in [-0.2, 0) is 9.53 Å². The molecular weight excluding hydrogens is 223 g/mol. The molecule has 0 bridgehead atoms. The van der Waals surface area contributed by atoms with E-state index in [1.54, 1.807) is 27.7 Å².